The van der Waals surface area contributed by atoms with Gasteiger partial charge >= 0.3 is 5.97 Å². The van der Waals surface area contributed by atoms with Gasteiger partial charge in [0.15, 0.2) is 6.10 Å². The van der Waals surface area contributed by atoms with Crippen molar-refractivity contribution in [3.63, 3.8) is 0 Å². The second kappa shape index (κ2) is 6.73. The first-order valence-corrected chi connectivity index (χ1v) is 7.42. The zero-order valence-electron chi connectivity index (χ0n) is 12.3. The Morgan fingerprint density at radius 1 is 1.09 bits per heavy atom. The number of hydrogen-bond donors (Lipinski definition) is 1. The van der Waals surface area contributed by atoms with Crippen LogP contribution in [0.4, 0.5) is 0 Å². The molecule has 3 rings (SSSR count). The van der Waals surface area contributed by atoms with Crippen LogP contribution in [0.15, 0.2) is 60.7 Å². The van der Waals surface area contributed by atoms with Crippen molar-refractivity contribution in [2.75, 3.05) is 13.1 Å². The summed E-state index contributed by atoms with van der Waals surface area (Å²) in [7, 11) is 0. The number of aliphatic hydroxyl groups is 1. The number of benzene rings is 2. The average Bonchev–Trinajstić information content (AvgIpc) is 2.53. The van der Waals surface area contributed by atoms with E-state index >= 15 is 0 Å². The van der Waals surface area contributed by atoms with Gasteiger partial charge in [0.2, 0.25) is 0 Å². The summed E-state index contributed by atoms with van der Waals surface area (Å²) in [5.41, 5.74) is 1.81. The quantitative estimate of drug-likeness (QED) is 0.859. The predicted octanol–water partition coefficient (Wildman–Crippen LogP) is 2.15. The minimum atomic E-state index is -1.20. The molecule has 2 aromatic rings. The van der Waals surface area contributed by atoms with Crippen LogP contribution in [0.1, 0.15) is 17.2 Å². The highest BCUT2D eigenvalue weighted by Gasteiger charge is 2.32. The van der Waals surface area contributed by atoms with E-state index in [9.17, 15) is 9.90 Å². The summed E-state index contributed by atoms with van der Waals surface area (Å²) in [6, 6.07) is 19.0. The van der Waals surface area contributed by atoms with Crippen LogP contribution in [0.5, 0.6) is 0 Å². The van der Waals surface area contributed by atoms with Gasteiger partial charge in [-0.05, 0) is 11.1 Å². The van der Waals surface area contributed by atoms with Crippen molar-refractivity contribution in [3.05, 3.63) is 71.8 Å². The highest BCUT2D eigenvalue weighted by Crippen LogP contribution is 2.19. The van der Waals surface area contributed by atoms with Crippen LogP contribution in [0, 0.1) is 0 Å². The van der Waals surface area contributed by atoms with Gasteiger partial charge in [-0.25, -0.2) is 4.79 Å². The van der Waals surface area contributed by atoms with E-state index < -0.39 is 12.1 Å². The molecule has 0 amide bonds. The fraction of sp³-hybridized carbons (Fsp3) is 0.278. The highest BCUT2D eigenvalue weighted by molar-refractivity contribution is 5.76. The molecule has 0 unspecified atom stereocenters. The fourth-order valence-electron chi connectivity index (χ4n) is 2.57. The molecule has 2 aromatic carbocycles. The van der Waals surface area contributed by atoms with Gasteiger partial charge in [0, 0.05) is 19.6 Å². The van der Waals surface area contributed by atoms with Crippen molar-refractivity contribution < 1.29 is 14.6 Å². The first-order valence-electron chi connectivity index (χ1n) is 7.42. The van der Waals surface area contributed by atoms with Crippen LogP contribution in [-0.4, -0.2) is 35.2 Å². The lowest BCUT2D eigenvalue weighted by Crippen LogP contribution is -2.52. The van der Waals surface area contributed by atoms with Crippen molar-refractivity contribution in [1.82, 2.24) is 4.90 Å². The fourth-order valence-corrected chi connectivity index (χ4v) is 2.57. The smallest absolute Gasteiger partial charge is 0.340 e. The van der Waals surface area contributed by atoms with Crippen LogP contribution in [-0.2, 0) is 16.1 Å². The lowest BCUT2D eigenvalue weighted by Gasteiger charge is -2.38. The number of ether oxygens (including phenoxy) is 1. The first kappa shape index (κ1) is 14.8. The number of nitrogens with zero attached hydrogens (tertiary/aromatic N) is 1. The number of aliphatic hydroxyl groups excluding tert-OH is 1. The molecule has 1 aliphatic heterocycles. The lowest BCUT2D eigenvalue weighted by atomic mass is 10.1. The summed E-state index contributed by atoms with van der Waals surface area (Å²) in [4.78, 5) is 14.1. The minimum Gasteiger partial charge on any atom is -0.457 e. The summed E-state index contributed by atoms with van der Waals surface area (Å²) in [6.07, 6.45) is -1.33. The molecular weight excluding hydrogens is 278 g/mol. The lowest BCUT2D eigenvalue weighted by molar-refractivity contribution is -0.168. The van der Waals surface area contributed by atoms with Crippen molar-refractivity contribution in [3.8, 4) is 0 Å². The molecule has 0 bridgehead atoms. The number of rotatable bonds is 5. The van der Waals surface area contributed by atoms with Gasteiger partial charge in [0.1, 0.15) is 6.10 Å². The Balaban J connectivity index is 1.45. The van der Waals surface area contributed by atoms with Gasteiger partial charge in [-0.1, -0.05) is 60.7 Å². The number of carbonyl (C=O) groups excluding carboxylic acids is 1. The van der Waals surface area contributed by atoms with E-state index in [0.717, 1.165) is 6.54 Å². The maximum absolute atomic E-state index is 11.9. The highest BCUT2D eigenvalue weighted by atomic mass is 16.6. The second-order valence-corrected chi connectivity index (χ2v) is 5.55. The molecule has 1 heterocycles. The molecule has 1 atom stereocenters. The zero-order valence-corrected chi connectivity index (χ0v) is 12.3. The Hall–Kier alpha value is -2.17. The van der Waals surface area contributed by atoms with Crippen molar-refractivity contribution in [2.24, 2.45) is 0 Å². The molecule has 1 N–H and O–H groups in total. The molecule has 1 aliphatic rings. The van der Waals surface area contributed by atoms with Gasteiger partial charge in [-0.15, -0.1) is 0 Å². The van der Waals surface area contributed by atoms with E-state index in [-0.39, 0.29) is 6.10 Å². The maximum atomic E-state index is 11.9. The zero-order chi connectivity index (χ0) is 15.4. The van der Waals surface area contributed by atoms with Crippen LogP contribution < -0.4 is 0 Å². The minimum absolute atomic E-state index is 0.130. The molecule has 4 nitrogen and oxygen atoms in total. The topological polar surface area (TPSA) is 49.8 Å². The summed E-state index contributed by atoms with van der Waals surface area (Å²) in [6.45, 7) is 2.28. The number of likely N-dealkylation sites (tertiary alicyclic amines) is 1. The Morgan fingerprint density at radius 3 is 2.32 bits per heavy atom. The molecule has 0 spiro atoms. The Bertz CT molecular complexity index is 609. The third-order valence-electron chi connectivity index (χ3n) is 3.79. The van der Waals surface area contributed by atoms with Crippen molar-refractivity contribution >= 4 is 5.97 Å². The molecule has 114 valence electrons. The molecule has 1 saturated heterocycles. The summed E-state index contributed by atoms with van der Waals surface area (Å²) >= 11 is 0. The monoisotopic (exact) mass is 297 g/mol. The van der Waals surface area contributed by atoms with E-state index in [1.807, 2.05) is 24.3 Å². The Morgan fingerprint density at radius 2 is 1.68 bits per heavy atom. The summed E-state index contributed by atoms with van der Waals surface area (Å²) < 4.78 is 5.34. The predicted molar refractivity (Wildman–Crippen MR) is 83.0 cm³/mol. The number of esters is 1. The normalized spacial score (nSPS) is 16.8. The van der Waals surface area contributed by atoms with Gasteiger partial charge in [-0.3, -0.25) is 4.90 Å². The van der Waals surface area contributed by atoms with E-state index in [4.69, 9.17) is 4.74 Å². The largest absolute Gasteiger partial charge is 0.457 e. The van der Waals surface area contributed by atoms with E-state index in [1.165, 1.54) is 5.56 Å². The van der Waals surface area contributed by atoms with Crippen LogP contribution in [0.2, 0.25) is 0 Å². The maximum Gasteiger partial charge on any atom is 0.340 e. The van der Waals surface area contributed by atoms with Gasteiger partial charge in [-0.2, -0.15) is 0 Å². The molecule has 1 fully saturated rings. The first-order chi connectivity index (χ1) is 10.7. The van der Waals surface area contributed by atoms with Crippen molar-refractivity contribution in [1.29, 1.82) is 0 Å². The van der Waals surface area contributed by atoms with Gasteiger partial charge in [0.25, 0.3) is 0 Å². The molecule has 22 heavy (non-hydrogen) atoms. The van der Waals surface area contributed by atoms with Crippen LogP contribution in [0.25, 0.3) is 0 Å². The molecule has 0 aliphatic carbocycles. The third kappa shape index (κ3) is 3.53. The van der Waals surface area contributed by atoms with E-state index in [1.54, 1.807) is 24.3 Å². The van der Waals surface area contributed by atoms with Gasteiger partial charge in [0.05, 0.1) is 0 Å². The van der Waals surface area contributed by atoms with Crippen LogP contribution >= 0.6 is 0 Å². The average molecular weight is 297 g/mol. The SMILES string of the molecule is O=C(OC1CN(Cc2ccccc2)C1)[C@@H](O)c1ccccc1. The number of hydrogen-bond acceptors (Lipinski definition) is 4. The molecule has 4 heteroatoms. The molecule has 0 radical (unpaired) electrons. The molecule has 0 aromatic heterocycles. The molecule has 0 saturated carbocycles. The third-order valence-corrected chi connectivity index (χ3v) is 3.79. The summed E-state index contributed by atoms with van der Waals surface area (Å²) in [5.74, 6) is -0.574. The van der Waals surface area contributed by atoms with Crippen molar-refractivity contribution in [2.45, 2.75) is 18.8 Å². The number of carbonyl (C=O) groups is 1. The van der Waals surface area contributed by atoms with E-state index in [0.29, 0.717) is 18.7 Å². The van der Waals surface area contributed by atoms with Gasteiger partial charge < -0.3 is 9.84 Å². The second-order valence-electron chi connectivity index (χ2n) is 5.55. The molecular formula is C18H19NO3. The Labute approximate surface area is 130 Å². The van der Waals surface area contributed by atoms with Crippen LogP contribution in [0.3, 0.4) is 0 Å². The summed E-state index contributed by atoms with van der Waals surface area (Å²) in [5, 5.41) is 9.97. The Kier molecular flexibility index (Phi) is 4.51. The standard InChI is InChI=1S/C18H19NO3/c20-17(15-9-5-2-6-10-15)18(21)22-16-12-19(13-16)11-14-7-3-1-4-8-14/h1-10,16-17,20H,11-13H2/t17-/m0/s1. The van der Waals surface area contributed by atoms with E-state index in [2.05, 4.69) is 17.0 Å².